The molecule has 2 heterocycles. The Morgan fingerprint density at radius 3 is 2.75 bits per heavy atom. The minimum Gasteiger partial charge on any atom is -0.429 e. The number of aliphatic hydroxyl groups is 1. The number of fused-ring (bicyclic) bond motifs is 1. The van der Waals surface area contributed by atoms with Crippen LogP contribution in [-0.4, -0.2) is 30.1 Å². The van der Waals surface area contributed by atoms with Gasteiger partial charge in [0.1, 0.15) is 0 Å². The smallest absolute Gasteiger partial charge is 0.333 e. The first kappa shape index (κ1) is 19.9. The van der Waals surface area contributed by atoms with Gasteiger partial charge in [-0.15, -0.1) is 0 Å². The van der Waals surface area contributed by atoms with Gasteiger partial charge in [0.15, 0.2) is 0 Å². The van der Waals surface area contributed by atoms with Crippen molar-refractivity contribution >= 4 is 5.97 Å². The first-order valence-electron chi connectivity index (χ1n) is 10.9. The van der Waals surface area contributed by atoms with Gasteiger partial charge in [0.25, 0.3) is 0 Å². The van der Waals surface area contributed by atoms with Crippen LogP contribution in [-0.2, 0) is 14.3 Å². The summed E-state index contributed by atoms with van der Waals surface area (Å²) >= 11 is 0. The zero-order valence-electron chi connectivity index (χ0n) is 17.4. The van der Waals surface area contributed by atoms with E-state index in [9.17, 15) is 9.90 Å². The number of ether oxygens (including phenoxy) is 2. The van der Waals surface area contributed by atoms with Crippen LogP contribution in [0.2, 0.25) is 0 Å². The fraction of sp³-hybridized carbons (Fsp3) is 0.708. The molecule has 4 nitrogen and oxygen atoms in total. The van der Waals surface area contributed by atoms with E-state index < -0.39 is 12.3 Å². The Kier molecular flexibility index (Phi) is 5.54. The Morgan fingerprint density at radius 2 is 2.07 bits per heavy atom. The molecule has 4 aliphatic rings. The molecule has 4 heteroatoms. The third-order valence-electron chi connectivity index (χ3n) is 8.14. The van der Waals surface area contributed by atoms with Gasteiger partial charge in [-0.2, -0.15) is 0 Å². The molecule has 0 spiro atoms. The monoisotopic (exact) mass is 386 g/mol. The lowest BCUT2D eigenvalue weighted by molar-refractivity contribution is -0.152. The van der Waals surface area contributed by atoms with Crippen LogP contribution < -0.4 is 0 Å². The number of rotatable bonds is 4. The lowest BCUT2D eigenvalue weighted by Crippen LogP contribution is -2.44. The quantitative estimate of drug-likeness (QED) is 0.562. The Bertz CT molecular complexity index is 718. The van der Waals surface area contributed by atoms with Crippen molar-refractivity contribution in [1.29, 1.82) is 0 Å². The van der Waals surface area contributed by atoms with Gasteiger partial charge in [0.05, 0.1) is 12.7 Å². The summed E-state index contributed by atoms with van der Waals surface area (Å²) in [5, 5.41) is 9.83. The molecule has 0 bridgehead atoms. The van der Waals surface area contributed by atoms with Crippen LogP contribution in [0, 0.1) is 23.2 Å². The van der Waals surface area contributed by atoms with E-state index in [0.29, 0.717) is 24.0 Å². The first-order valence-corrected chi connectivity index (χ1v) is 10.9. The Balaban J connectivity index is 1.39. The lowest BCUT2D eigenvalue weighted by Gasteiger charge is -2.52. The molecular formula is C24H34O4. The number of hydrogen-bond acceptors (Lipinski definition) is 4. The van der Waals surface area contributed by atoms with Crippen LogP contribution in [0.15, 0.2) is 34.9 Å². The summed E-state index contributed by atoms with van der Waals surface area (Å²) in [5.41, 5.74) is 3.92. The van der Waals surface area contributed by atoms with Gasteiger partial charge in [-0.3, -0.25) is 0 Å². The van der Waals surface area contributed by atoms with Crippen molar-refractivity contribution in [3.05, 3.63) is 34.9 Å². The largest absolute Gasteiger partial charge is 0.429 e. The summed E-state index contributed by atoms with van der Waals surface area (Å²) < 4.78 is 10.8. The Labute approximate surface area is 168 Å². The molecule has 154 valence electrons. The molecule has 28 heavy (non-hydrogen) atoms. The van der Waals surface area contributed by atoms with E-state index in [1.807, 2.05) is 0 Å². The highest BCUT2D eigenvalue weighted by molar-refractivity contribution is 5.85. The average molecular weight is 387 g/mol. The molecule has 1 unspecified atom stereocenters. The fourth-order valence-corrected chi connectivity index (χ4v) is 6.05. The van der Waals surface area contributed by atoms with Crippen molar-refractivity contribution in [2.24, 2.45) is 23.2 Å². The third-order valence-corrected chi connectivity index (χ3v) is 8.14. The van der Waals surface area contributed by atoms with Crippen molar-refractivity contribution in [2.45, 2.75) is 78.1 Å². The molecule has 0 radical (unpaired) electrons. The Morgan fingerprint density at radius 1 is 1.25 bits per heavy atom. The highest BCUT2D eigenvalue weighted by Crippen LogP contribution is 2.56. The van der Waals surface area contributed by atoms with Crippen molar-refractivity contribution in [1.82, 2.24) is 0 Å². The van der Waals surface area contributed by atoms with Crippen LogP contribution in [0.1, 0.15) is 65.7 Å². The topological polar surface area (TPSA) is 55.8 Å². The second-order valence-electron chi connectivity index (χ2n) is 9.55. The minimum absolute atomic E-state index is 0.245. The molecule has 0 aromatic carbocycles. The van der Waals surface area contributed by atoms with E-state index in [2.05, 4.69) is 32.9 Å². The van der Waals surface area contributed by atoms with Crippen molar-refractivity contribution in [2.75, 3.05) is 6.61 Å². The minimum atomic E-state index is -1.14. The predicted molar refractivity (Wildman–Crippen MR) is 108 cm³/mol. The zero-order valence-corrected chi connectivity index (χ0v) is 17.4. The van der Waals surface area contributed by atoms with E-state index in [1.54, 1.807) is 5.57 Å². The van der Waals surface area contributed by atoms with Crippen LogP contribution in [0.25, 0.3) is 0 Å². The molecule has 1 N–H and O–H groups in total. The number of hydrogen-bond donors (Lipinski definition) is 1. The normalized spacial score (nSPS) is 40.9. The van der Waals surface area contributed by atoms with Crippen LogP contribution in [0.4, 0.5) is 0 Å². The second-order valence-corrected chi connectivity index (χ2v) is 9.55. The van der Waals surface area contributed by atoms with Gasteiger partial charge in [0.2, 0.25) is 6.29 Å². The molecule has 1 saturated carbocycles. The summed E-state index contributed by atoms with van der Waals surface area (Å²) in [4.78, 5) is 11.3. The molecule has 0 amide bonds. The predicted octanol–water partition coefficient (Wildman–Crippen LogP) is 4.69. The number of carbonyl (C=O) groups is 1. The summed E-state index contributed by atoms with van der Waals surface area (Å²) in [6.07, 6.45) is 13.0. The van der Waals surface area contributed by atoms with E-state index in [4.69, 9.17) is 9.47 Å². The van der Waals surface area contributed by atoms with Gasteiger partial charge in [0, 0.05) is 11.6 Å². The number of esters is 1. The van der Waals surface area contributed by atoms with Gasteiger partial charge in [-0.05, 0) is 80.6 Å². The summed E-state index contributed by atoms with van der Waals surface area (Å²) in [6, 6.07) is 0. The summed E-state index contributed by atoms with van der Waals surface area (Å²) in [6.45, 7) is 7.91. The highest BCUT2D eigenvalue weighted by atomic mass is 16.6. The maximum atomic E-state index is 11.3. The zero-order chi connectivity index (χ0) is 19.9. The van der Waals surface area contributed by atoms with E-state index >= 15 is 0 Å². The average Bonchev–Trinajstić information content (AvgIpc) is 3.02. The number of carbonyl (C=O) groups excluding carboxylic acids is 1. The SMILES string of the molecule is CC1=CCC[C@H]2C1CC[C@H](C)[C@]2(C)CCC1=CC[C@H](C2=CC(=O)O[C@H]2O)OC1. The molecule has 2 aliphatic heterocycles. The molecule has 0 saturated heterocycles. The molecule has 1 fully saturated rings. The second kappa shape index (κ2) is 7.79. The fourth-order valence-electron chi connectivity index (χ4n) is 6.05. The number of cyclic esters (lactones) is 1. The van der Waals surface area contributed by atoms with Gasteiger partial charge >= 0.3 is 5.97 Å². The Hall–Kier alpha value is -1.39. The van der Waals surface area contributed by atoms with Crippen LogP contribution in [0.5, 0.6) is 0 Å². The lowest BCUT2D eigenvalue weighted by atomic mass is 9.52. The summed E-state index contributed by atoms with van der Waals surface area (Å²) in [7, 11) is 0. The number of allylic oxidation sites excluding steroid dienone is 2. The maximum Gasteiger partial charge on any atom is 0.333 e. The molecule has 6 atom stereocenters. The molecule has 4 rings (SSSR count). The van der Waals surface area contributed by atoms with Gasteiger partial charge in [-0.1, -0.05) is 31.6 Å². The molecular weight excluding hydrogens is 352 g/mol. The number of aliphatic hydroxyl groups excluding tert-OH is 1. The van der Waals surface area contributed by atoms with Crippen LogP contribution >= 0.6 is 0 Å². The molecule has 2 aliphatic carbocycles. The van der Waals surface area contributed by atoms with Crippen LogP contribution in [0.3, 0.4) is 0 Å². The van der Waals surface area contributed by atoms with Crippen molar-refractivity contribution < 1.29 is 19.4 Å². The van der Waals surface area contributed by atoms with Gasteiger partial charge < -0.3 is 14.6 Å². The van der Waals surface area contributed by atoms with Crippen molar-refractivity contribution in [3.63, 3.8) is 0 Å². The third kappa shape index (κ3) is 3.61. The summed E-state index contributed by atoms with van der Waals surface area (Å²) in [5.74, 6) is 1.87. The van der Waals surface area contributed by atoms with Crippen molar-refractivity contribution in [3.8, 4) is 0 Å². The standard InChI is InChI=1S/C24H34O4/c1-15-5-4-6-20-18(15)9-7-16(2)24(20,3)12-11-17-8-10-21(27-14-17)19-13-22(25)28-23(19)26/h5,8,13,16,18,20-21,23,26H,4,6-7,9-12,14H2,1-3H3/t16-,18?,20-,21+,23+,24-/m0/s1. The molecule has 0 aromatic heterocycles. The molecule has 0 aromatic rings. The maximum absolute atomic E-state index is 11.3. The van der Waals surface area contributed by atoms with E-state index in [-0.39, 0.29) is 6.10 Å². The van der Waals surface area contributed by atoms with E-state index in [0.717, 1.165) is 24.2 Å². The van der Waals surface area contributed by atoms with E-state index in [1.165, 1.54) is 43.8 Å². The van der Waals surface area contributed by atoms with Gasteiger partial charge in [-0.25, -0.2) is 4.79 Å². The highest BCUT2D eigenvalue weighted by Gasteiger charge is 2.47. The first-order chi connectivity index (χ1) is 13.4.